The van der Waals surface area contributed by atoms with Crippen LogP contribution in [0.15, 0.2) is 35.3 Å². The standard InChI is InChI=1S/C10H13NO2/c1-8(2)11-5-3-10(12)9-4-6-13-7-9/h3-8,11H,1-2H3/b5-3+. The molecule has 3 nitrogen and oxygen atoms in total. The smallest absolute Gasteiger partial charge is 0.190 e. The van der Waals surface area contributed by atoms with Crippen LogP contribution in [0.5, 0.6) is 0 Å². The second-order valence-electron chi connectivity index (χ2n) is 3.03. The van der Waals surface area contributed by atoms with E-state index < -0.39 is 0 Å². The second kappa shape index (κ2) is 4.50. The first-order valence-corrected chi connectivity index (χ1v) is 4.19. The summed E-state index contributed by atoms with van der Waals surface area (Å²) < 4.78 is 4.79. The van der Waals surface area contributed by atoms with Gasteiger partial charge in [0.2, 0.25) is 0 Å². The molecule has 0 aromatic carbocycles. The van der Waals surface area contributed by atoms with Gasteiger partial charge in [-0.05, 0) is 19.9 Å². The van der Waals surface area contributed by atoms with Gasteiger partial charge in [-0.25, -0.2) is 0 Å². The third-order valence-electron chi connectivity index (χ3n) is 1.47. The lowest BCUT2D eigenvalue weighted by molar-refractivity contribution is 0.104. The zero-order chi connectivity index (χ0) is 9.68. The van der Waals surface area contributed by atoms with Gasteiger partial charge in [0.1, 0.15) is 6.26 Å². The van der Waals surface area contributed by atoms with E-state index in [1.165, 1.54) is 18.6 Å². The van der Waals surface area contributed by atoms with Gasteiger partial charge >= 0.3 is 0 Å². The largest absolute Gasteiger partial charge is 0.472 e. The molecule has 0 saturated carbocycles. The number of ketones is 1. The lowest BCUT2D eigenvalue weighted by Gasteiger charge is -2.01. The molecule has 0 bridgehead atoms. The summed E-state index contributed by atoms with van der Waals surface area (Å²) in [6, 6.07) is 1.98. The molecule has 1 heterocycles. The summed E-state index contributed by atoms with van der Waals surface area (Å²) in [5.41, 5.74) is 0.571. The number of rotatable bonds is 4. The van der Waals surface area contributed by atoms with Crippen molar-refractivity contribution in [2.75, 3.05) is 0 Å². The minimum absolute atomic E-state index is 0.0538. The number of nitrogens with one attached hydrogen (secondary N) is 1. The lowest BCUT2D eigenvalue weighted by atomic mass is 10.2. The molecule has 0 amide bonds. The van der Waals surface area contributed by atoms with Crippen molar-refractivity contribution in [2.45, 2.75) is 19.9 Å². The van der Waals surface area contributed by atoms with E-state index >= 15 is 0 Å². The Hall–Kier alpha value is -1.51. The van der Waals surface area contributed by atoms with E-state index in [-0.39, 0.29) is 5.78 Å². The van der Waals surface area contributed by atoms with Crippen molar-refractivity contribution in [1.82, 2.24) is 5.32 Å². The summed E-state index contributed by atoms with van der Waals surface area (Å²) in [5, 5.41) is 3.01. The van der Waals surface area contributed by atoms with Crippen molar-refractivity contribution in [1.29, 1.82) is 0 Å². The zero-order valence-electron chi connectivity index (χ0n) is 7.78. The maximum atomic E-state index is 11.3. The number of carbonyl (C=O) groups excluding carboxylic acids is 1. The number of furan rings is 1. The minimum atomic E-state index is -0.0538. The van der Waals surface area contributed by atoms with Crippen molar-refractivity contribution in [3.8, 4) is 0 Å². The SMILES string of the molecule is CC(C)N/C=C/C(=O)c1ccoc1. The van der Waals surface area contributed by atoms with Crippen molar-refractivity contribution >= 4 is 5.78 Å². The average molecular weight is 179 g/mol. The van der Waals surface area contributed by atoms with E-state index in [0.717, 1.165) is 0 Å². The molecule has 0 spiro atoms. The first-order chi connectivity index (χ1) is 6.20. The molecule has 1 N–H and O–H groups in total. The molecule has 3 heteroatoms. The van der Waals surface area contributed by atoms with Crippen LogP contribution in [-0.2, 0) is 0 Å². The predicted octanol–water partition coefficient (Wildman–Crippen LogP) is 1.97. The van der Waals surface area contributed by atoms with Crippen molar-refractivity contribution in [3.05, 3.63) is 36.4 Å². The quantitative estimate of drug-likeness (QED) is 0.567. The average Bonchev–Trinajstić information content (AvgIpc) is 2.55. The Morgan fingerprint density at radius 2 is 2.38 bits per heavy atom. The van der Waals surface area contributed by atoms with Crippen LogP contribution in [0.4, 0.5) is 0 Å². The summed E-state index contributed by atoms with van der Waals surface area (Å²) in [5.74, 6) is -0.0538. The van der Waals surface area contributed by atoms with Gasteiger partial charge in [-0.3, -0.25) is 4.79 Å². The molecule has 0 atom stereocenters. The summed E-state index contributed by atoms with van der Waals surface area (Å²) in [6.07, 6.45) is 6.06. The Balaban J connectivity index is 2.47. The fourth-order valence-electron chi connectivity index (χ4n) is 0.817. The third-order valence-corrected chi connectivity index (χ3v) is 1.47. The van der Waals surface area contributed by atoms with Crippen LogP contribution < -0.4 is 5.32 Å². The van der Waals surface area contributed by atoms with Gasteiger partial charge < -0.3 is 9.73 Å². The maximum absolute atomic E-state index is 11.3. The summed E-state index contributed by atoms with van der Waals surface area (Å²) in [6.45, 7) is 4.01. The highest BCUT2D eigenvalue weighted by Crippen LogP contribution is 2.01. The highest BCUT2D eigenvalue weighted by molar-refractivity contribution is 6.04. The van der Waals surface area contributed by atoms with Crippen LogP contribution in [-0.4, -0.2) is 11.8 Å². The van der Waals surface area contributed by atoms with Gasteiger partial charge in [0.05, 0.1) is 11.8 Å². The summed E-state index contributed by atoms with van der Waals surface area (Å²) >= 11 is 0. The number of hydrogen-bond donors (Lipinski definition) is 1. The molecule has 70 valence electrons. The number of allylic oxidation sites excluding steroid dienone is 1. The molecule has 0 saturated heterocycles. The molecule has 1 aromatic rings. The highest BCUT2D eigenvalue weighted by atomic mass is 16.3. The van der Waals surface area contributed by atoms with Crippen molar-refractivity contribution < 1.29 is 9.21 Å². The van der Waals surface area contributed by atoms with E-state index in [0.29, 0.717) is 11.6 Å². The molecular formula is C10H13NO2. The van der Waals surface area contributed by atoms with E-state index in [1.54, 1.807) is 12.3 Å². The van der Waals surface area contributed by atoms with Gasteiger partial charge in [0.25, 0.3) is 0 Å². The lowest BCUT2D eigenvalue weighted by Crippen LogP contribution is -2.15. The first kappa shape index (κ1) is 9.58. The molecule has 0 fully saturated rings. The summed E-state index contributed by atoms with van der Waals surface area (Å²) in [4.78, 5) is 11.3. The van der Waals surface area contributed by atoms with Crippen LogP contribution in [0.2, 0.25) is 0 Å². The Labute approximate surface area is 77.4 Å². The monoisotopic (exact) mass is 179 g/mol. The fraction of sp³-hybridized carbons (Fsp3) is 0.300. The molecule has 0 aliphatic heterocycles. The Bertz CT molecular complexity index is 286. The van der Waals surface area contributed by atoms with Crippen LogP contribution >= 0.6 is 0 Å². The highest BCUT2D eigenvalue weighted by Gasteiger charge is 2.01. The van der Waals surface area contributed by atoms with Crippen LogP contribution in [0.25, 0.3) is 0 Å². The predicted molar refractivity (Wildman–Crippen MR) is 50.5 cm³/mol. The van der Waals surface area contributed by atoms with Gasteiger partial charge in [-0.15, -0.1) is 0 Å². The Kier molecular flexibility index (Phi) is 3.31. The number of hydrogen-bond acceptors (Lipinski definition) is 3. The van der Waals surface area contributed by atoms with E-state index in [1.807, 2.05) is 13.8 Å². The minimum Gasteiger partial charge on any atom is -0.472 e. The van der Waals surface area contributed by atoms with Gasteiger partial charge in [0.15, 0.2) is 5.78 Å². The Morgan fingerprint density at radius 3 is 2.92 bits per heavy atom. The molecule has 0 radical (unpaired) electrons. The third kappa shape index (κ3) is 3.15. The van der Waals surface area contributed by atoms with Crippen LogP contribution in [0.1, 0.15) is 24.2 Å². The Morgan fingerprint density at radius 1 is 1.62 bits per heavy atom. The molecule has 0 aliphatic rings. The second-order valence-corrected chi connectivity index (χ2v) is 3.03. The van der Waals surface area contributed by atoms with Crippen LogP contribution in [0.3, 0.4) is 0 Å². The van der Waals surface area contributed by atoms with E-state index in [9.17, 15) is 4.79 Å². The van der Waals surface area contributed by atoms with Gasteiger partial charge in [0, 0.05) is 18.3 Å². The molecule has 0 unspecified atom stereocenters. The van der Waals surface area contributed by atoms with E-state index in [2.05, 4.69) is 5.32 Å². The van der Waals surface area contributed by atoms with Gasteiger partial charge in [-0.2, -0.15) is 0 Å². The van der Waals surface area contributed by atoms with Crippen LogP contribution in [0, 0.1) is 0 Å². The van der Waals surface area contributed by atoms with Crippen molar-refractivity contribution in [2.24, 2.45) is 0 Å². The number of carbonyl (C=O) groups is 1. The molecule has 1 rings (SSSR count). The first-order valence-electron chi connectivity index (χ1n) is 4.19. The maximum Gasteiger partial charge on any atom is 0.190 e. The van der Waals surface area contributed by atoms with Gasteiger partial charge in [-0.1, -0.05) is 0 Å². The topological polar surface area (TPSA) is 42.2 Å². The summed E-state index contributed by atoms with van der Waals surface area (Å²) in [7, 11) is 0. The van der Waals surface area contributed by atoms with Crippen molar-refractivity contribution in [3.63, 3.8) is 0 Å². The molecule has 1 aromatic heterocycles. The molecular weight excluding hydrogens is 166 g/mol. The molecule has 0 aliphatic carbocycles. The molecule has 13 heavy (non-hydrogen) atoms. The van der Waals surface area contributed by atoms with E-state index in [4.69, 9.17) is 4.42 Å². The normalized spacial score (nSPS) is 11.0. The zero-order valence-corrected chi connectivity index (χ0v) is 7.78. The fourth-order valence-corrected chi connectivity index (χ4v) is 0.817.